The van der Waals surface area contributed by atoms with E-state index in [1.165, 1.54) is 12.8 Å². The van der Waals surface area contributed by atoms with Crippen molar-refractivity contribution in [3.8, 4) is 6.07 Å². The van der Waals surface area contributed by atoms with Crippen molar-refractivity contribution in [2.24, 2.45) is 11.3 Å². The Labute approximate surface area is 75.0 Å². The summed E-state index contributed by atoms with van der Waals surface area (Å²) >= 11 is 0. The van der Waals surface area contributed by atoms with Crippen LogP contribution in [0.15, 0.2) is 0 Å². The van der Waals surface area contributed by atoms with Crippen molar-refractivity contribution in [3.63, 3.8) is 0 Å². The van der Waals surface area contributed by atoms with Gasteiger partial charge in [-0.15, -0.1) is 0 Å². The summed E-state index contributed by atoms with van der Waals surface area (Å²) in [6.45, 7) is 3.20. The molecule has 0 aromatic carbocycles. The van der Waals surface area contributed by atoms with Gasteiger partial charge in [-0.25, -0.2) is 0 Å². The van der Waals surface area contributed by atoms with Gasteiger partial charge in [-0.1, -0.05) is 0 Å². The molecule has 1 N–H and O–H groups in total. The molecular formula is C10H18N2. The maximum atomic E-state index is 8.90. The molecule has 0 amide bonds. The number of rotatable bonds is 2. The van der Waals surface area contributed by atoms with Gasteiger partial charge >= 0.3 is 0 Å². The van der Waals surface area contributed by atoms with E-state index in [-0.39, 0.29) is 5.41 Å². The molecule has 1 saturated carbocycles. The normalized spacial score (nSPS) is 35.9. The number of hydrogen-bond donors (Lipinski definition) is 1. The van der Waals surface area contributed by atoms with E-state index in [2.05, 4.69) is 18.3 Å². The third kappa shape index (κ3) is 2.22. The molecule has 0 saturated heterocycles. The SMILES string of the molecule is CNCC1CCC(C)(C#N)CC1. The van der Waals surface area contributed by atoms with E-state index in [9.17, 15) is 0 Å². The molecule has 1 fully saturated rings. The molecule has 0 radical (unpaired) electrons. The van der Waals surface area contributed by atoms with Crippen LogP contribution >= 0.6 is 0 Å². The Morgan fingerprint density at radius 2 is 2.08 bits per heavy atom. The fraction of sp³-hybridized carbons (Fsp3) is 0.900. The molecule has 2 nitrogen and oxygen atoms in total. The van der Waals surface area contributed by atoms with Crippen molar-refractivity contribution in [1.29, 1.82) is 5.26 Å². The van der Waals surface area contributed by atoms with E-state index in [0.29, 0.717) is 0 Å². The average Bonchev–Trinajstić information content (AvgIpc) is 2.10. The number of nitrogens with zero attached hydrogens (tertiary/aromatic N) is 1. The molecule has 1 aliphatic carbocycles. The fourth-order valence-corrected chi connectivity index (χ4v) is 1.92. The number of nitriles is 1. The van der Waals surface area contributed by atoms with E-state index in [0.717, 1.165) is 25.3 Å². The van der Waals surface area contributed by atoms with E-state index in [4.69, 9.17) is 5.26 Å². The largest absolute Gasteiger partial charge is 0.319 e. The van der Waals surface area contributed by atoms with Crippen LogP contribution in [0.2, 0.25) is 0 Å². The quantitative estimate of drug-likeness (QED) is 0.680. The van der Waals surface area contributed by atoms with Gasteiger partial charge in [-0.3, -0.25) is 0 Å². The number of hydrogen-bond acceptors (Lipinski definition) is 2. The first-order chi connectivity index (χ1) is 5.70. The molecule has 12 heavy (non-hydrogen) atoms. The summed E-state index contributed by atoms with van der Waals surface area (Å²) in [6, 6.07) is 2.42. The highest BCUT2D eigenvalue weighted by Crippen LogP contribution is 2.37. The van der Waals surface area contributed by atoms with Crippen molar-refractivity contribution < 1.29 is 0 Å². The fourth-order valence-electron chi connectivity index (χ4n) is 1.92. The van der Waals surface area contributed by atoms with Gasteiger partial charge in [-0.05, 0) is 52.1 Å². The summed E-state index contributed by atoms with van der Waals surface area (Å²) in [4.78, 5) is 0. The third-order valence-electron chi connectivity index (χ3n) is 2.97. The van der Waals surface area contributed by atoms with E-state index in [1.54, 1.807) is 0 Å². The molecule has 0 aliphatic heterocycles. The van der Waals surface area contributed by atoms with Crippen molar-refractivity contribution in [1.82, 2.24) is 5.32 Å². The zero-order valence-electron chi connectivity index (χ0n) is 8.06. The molecule has 0 aromatic rings. The summed E-state index contributed by atoms with van der Waals surface area (Å²) in [5.41, 5.74) is -0.0236. The molecule has 0 heterocycles. The highest BCUT2D eigenvalue weighted by atomic mass is 14.8. The van der Waals surface area contributed by atoms with Gasteiger partial charge in [0.1, 0.15) is 0 Å². The molecule has 0 spiro atoms. The van der Waals surface area contributed by atoms with Crippen molar-refractivity contribution >= 4 is 0 Å². The van der Waals surface area contributed by atoms with Gasteiger partial charge in [0.25, 0.3) is 0 Å². The molecule has 0 aromatic heterocycles. The van der Waals surface area contributed by atoms with Crippen molar-refractivity contribution in [3.05, 3.63) is 0 Å². The minimum absolute atomic E-state index is 0.0236. The zero-order valence-corrected chi connectivity index (χ0v) is 8.06. The van der Waals surface area contributed by atoms with Crippen molar-refractivity contribution in [2.45, 2.75) is 32.6 Å². The van der Waals surface area contributed by atoms with Gasteiger partial charge in [-0.2, -0.15) is 5.26 Å². The van der Waals surface area contributed by atoms with Gasteiger partial charge in [0.05, 0.1) is 11.5 Å². The predicted octanol–water partition coefficient (Wildman–Crippen LogP) is 1.93. The lowest BCUT2D eigenvalue weighted by molar-refractivity contribution is 0.227. The second-order valence-electron chi connectivity index (χ2n) is 4.17. The van der Waals surface area contributed by atoms with Crippen molar-refractivity contribution in [2.75, 3.05) is 13.6 Å². The summed E-state index contributed by atoms with van der Waals surface area (Å²) in [7, 11) is 2.00. The second-order valence-corrected chi connectivity index (χ2v) is 4.17. The van der Waals surface area contributed by atoms with E-state index in [1.807, 2.05) is 7.05 Å². The van der Waals surface area contributed by atoms with E-state index < -0.39 is 0 Å². The standard InChI is InChI=1S/C10H18N2/c1-10(8-11)5-3-9(4-6-10)7-12-2/h9,12H,3-7H2,1-2H3. The smallest absolute Gasteiger partial charge is 0.0686 e. The van der Waals surface area contributed by atoms with Gasteiger partial charge < -0.3 is 5.32 Å². The minimum Gasteiger partial charge on any atom is -0.319 e. The lowest BCUT2D eigenvalue weighted by atomic mass is 9.73. The first-order valence-corrected chi connectivity index (χ1v) is 4.76. The molecule has 1 aliphatic rings. The van der Waals surface area contributed by atoms with Crippen LogP contribution in [0.1, 0.15) is 32.6 Å². The van der Waals surface area contributed by atoms with Crippen LogP contribution in [0.3, 0.4) is 0 Å². The lowest BCUT2D eigenvalue weighted by Crippen LogP contribution is -2.28. The second kappa shape index (κ2) is 3.91. The molecule has 2 heteroatoms. The molecule has 1 rings (SSSR count). The maximum Gasteiger partial charge on any atom is 0.0686 e. The molecular weight excluding hydrogens is 148 g/mol. The Balaban J connectivity index is 2.35. The highest BCUT2D eigenvalue weighted by Gasteiger charge is 2.30. The zero-order chi connectivity index (χ0) is 9.03. The van der Waals surface area contributed by atoms with E-state index >= 15 is 0 Å². The van der Waals surface area contributed by atoms with Crippen LogP contribution in [0.5, 0.6) is 0 Å². The maximum absolute atomic E-state index is 8.90. The Bertz CT molecular complexity index is 173. The van der Waals surface area contributed by atoms with Gasteiger partial charge in [0, 0.05) is 0 Å². The minimum atomic E-state index is -0.0236. The summed E-state index contributed by atoms with van der Waals surface area (Å²) in [6.07, 6.45) is 4.58. The Kier molecular flexibility index (Phi) is 3.11. The predicted molar refractivity (Wildman–Crippen MR) is 49.6 cm³/mol. The summed E-state index contributed by atoms with van der Waals surface area (Å²) in [5, 5.41) is 12.1. The van der Waals surface area contributed by atoms with Crippen LogP contribution in [-0.4, -0.2) is 13.6 Å². The average molecular weight is 166 g/mol. The van der Waals surface area contributed by atoms with Crippen LogP contribution in [0, 0.1) is 22.7 Å². The van der Waals surface area contributed by atoms with Crippen LogP contribution in [-0.2, 0) is 0 Å². The Morgan fingerprint density at radius 3 is 2.50 bits per heavy atom. The molecule has 0 unspecified atom stereocenters. The topological polar surface area (TPSA) is 35.8 Å². The number of nitrogens with one attached hydrogen (secondary N) is 1. The first-order valence-electron chi connectivity index (χ1n) is 4.76. The van der Waals surface area contributed by atoms with Crippen LogP contribution in [0.4, 0.5) is 0 Å². The Morgan fingerprint density at radius 1 is 1.50 bits per heavy atom. The van der Waals surface area contributed by atoms with Gasteiger partial charge in [0.2, 0.25) is 0 Å². The lowest BCUT2D eigenvalue weighted by Gasteiger charge is -2.31. The summed E-state index contributed by atoms with van der Waals surface area (Å²) < 4.78 is 0. The first kappa shape index (κ1) is 9.54. The van der Waals surface area contributed by atoms with Crippen LogP contribution in [0.25, 0.3) is 0 Å². The monoisotopic (exact) mass is 166 g/mol. The molecule has 68 valence electrons. The van der Waals surface area contributed by atoms with Gasteiger partial charge in [0.15, 0.2) is 0 Å². The van der Waals surface area contributed by atoms with Crippen LogP contribution < -0.4 is 5.32 Å². The third-order valence-corrected chi connectivity index (χ3v) is 2.97. The molecule has 0 atom stereocenters. The molecule has 0 bridgehead atoms. The Hall–Kier alpha value is -0.550. The summed E-state index contributed by atoms with van der Waals surface area (Å²) in [5.74, 6) is 0.802. The highest BCUT2D eigenvalue weighted by molar-refractivity contribution is 4.98.